The van der Waals surface area contributed by atoms with E-state index in [4.69, 9.17) is 9.47 Å². The van der Waals surface area contributed by atoms with Crippen molar-refractivity contribution < 1.29 is 28.1 Å². The molecule has 1 saturated heterocycles. The topological polar surface area (TPSA) is 105 Å². The van der Waals surface area contributed by atoms with Crippen LogP contribution in [0, 0.1) is 5.92 Å². The molecule has 0 aromatic heterocycles. The van der Waals surface area contributed by atoms with Crippen molar-refractivity contribution >= 4 is 21.8 Å². The normalized spacial score (nSPS) is 21.0. The van der Waals surface area contributed by atoms with Crippen LogP contribution < -0.4 is 4.72 Å². The molecule has 0 bridgehead atoms. The van der Waals surface area contributed by atoms with Crippen LogP contribution in [0.5, 0.6) is 5.75 Å². The molecule has 0 saturated carbocycles. The quantitative estimate of drug-likeness (QED) is 0.196. The second kappa shape index (κ2) is 13.2. The van der Waals surface area contributed by atoms with Crippen molar-refractivity contribution in [1.82, 2.24) is 4.72 Å². The van der Waals surface area contributed by atoms with E-state index >= 15 is 0 Å². The average molecular weight is 592 g/mol. The van der Waals surface area contributed by atoms with E-state index in [2.05, 4.69) is 11.6 Å². The summed E-state index contributed by atoms with van der Waals surface area (Å²) in [6.45, 7) is 2.21. The molecule has 0 aliphatic carbocycles. The first-order valence-electron chi connectivity index (χ1n) is 13.4. The van der Waals surface area contributed by atoms with Gasteiger partial charge in [-0.1, -0.05) is 67.6 Å². The molecule has 7 nitrogen and oxygen atoms in total. The first-order chi connectivity index (χ1) is 19.8. The number of ether oxygens (including phenoxy) is 2. The van der Waals surface area contributed by atoms with Gasteiger partial charge in [0.05, 0.1) is 23.7 Å². The molecule has 3 N–H and O–H groups in total. The zero-order chi connectivity index (χ0) is 28.8. The van der Waals surface area contributed by atoms with Crippen molar-refractivity contribution in [2.24, 2.45) is 5.92 Å². The van der Waals surface area contributed by atoms with Gasteiger partial charge < -0.3 is 19.7 Å². The van der Waals surface area contributed by atoms with Crippen LogP contribution in [0.25, 0.3) is 0 Å². The molecule has 1 aliphatic heterocycles. The summed E-state index contributed by atoms with van der Waals surface area (Å²) in [7, 11) is -3.65. The average Bonchev–Trinajstić information content (AvgIpc) is 3.01. The Morgan fingerprint density at radius 2 is 1.56 bits per heavy atom. The van der Waals surface area contributed by atoms with Gasteiger partial charge in [-0.15, -0.1) is 11.8 Å². The largest absolute Gasteiger partial charge is 0.508 e. The third-order valence-electron chi connectivity index (χ3n) is 7.12. The first kappa shape index (κ1) is 29.3. The fourth-order valence-electron chi connectivity index (χ4n) is 4.74. The summed E-state index contributed by atoms with van der Waals surface area (Å²) in [5.41, 5.74) is 3.40. The van der Waals surface area contributed by atoms with Gasteiger partial charge in [0.1, 0.15) is 5.75 Å². The lowest BCUT2D eigenvalue weighted by molar-refractivity contribution is -0.268. The van der Waals surface area contributed by atoms with Crippen LogP contribution in [0.2, 0.25) is 0 Å². The summed E-state index contributed by atoms with van der Waals surface area (Å²) >= 11 is 1.65. The fourth-order valence-corrected chi connectivity index (χ4v) is 6.85. The number of benzene rings is 4. The lowest BCUT2D eigenvalue weighted by atomic mass is 9.91. The van der Waals surface area contributed by atoms with Crippen molar-refractivity contribution in [3.05, 3.63) is 125 Å². The van der Waals surface area contributed by atoms with E-state index in [0.29, 0.717) is 5.75 Å². The molecule has 41 heavy (non-hydrogen) atoms. The number of thioether (sulfide) groups is 1. The van der Waals surface area contributed by atoms with Gasteiger partial charge in [0.25, 0.3) is 0 Å². The summed E-state index contributed by atoms with van der Waals surface area (Å²) in [4.78, 5) is 1.24. The second-order valence-corrected chi connectivity index (χ2v) is 12.9. The Kier molecular flexibility index (Phi) is 9.44. The highest BCUT2D eigenvalue weighted by Crippen LogP contribution is 2.43. The van der Waals surface area contributed by atoms with E-state index in [-0.39, 0.29) is 41.9 Å². The number of hydrogen-bond acceptors (Lipinski definition) is 7. The highest BCUT2D eigenvalue weighted by atomic mass is 32.2. The van der Waals surface area contributed by atoms with Crippen LogP contribution in [0.1, 0.15) is 41.6 Å². The Hall–Kier alpha value is -3.18. The van der Waals surface area contributed by atoms with Gasteiger partial charge in [-0.3, -0.25) is 0 Å². The van der Waals surface area contributed by atoms with E-state index in [0.717, 1.165) is 27.1 Å². The zero-order valence-electron chi connectivity index (χ0n) is 22.6. The molecular weight excluding hydrogens is 558 g/mol. The Bertz CT molecular complexity index is 1530. The van der Waals surface area contributed by atoms with Crippen LogP contribution in [-0.2, 0) is 32.6 Å². The smallest absolute Gasteiger partial charge is 0.240 e. The standard InChI is InChI=1S/C32H33NO6S2/c1-22-30(21-40-28-16-14-27(35)15-17-28)38-32(39-31(22)25-12-10-23(20-34)11-13-25)26-7-5-6-24(18-26)19-33-41(36,37)29-8-3-2-4-9-29/h2-18,22,30-35H,19-21H2,1H3/t22-,30+,31+,32?/m1/s1. The van der Waals surface area contributed by atoms with Gasteiger partial charge >= 0.3 is 0 Å². The van der Waals surface area contributed by atoms with Crippen molar-refractivity contribution in [1.29, 1.82) is 0 Å². The third-order valence-corrected chi connectivity index (χ3v) is 9.64. The van der Waals surface area contributed by atoms with Gasteiger partial charge in [-0.2, -0.15) is 0 Å². The number of aliphatic hydroxyl groups excluding tert-OH is 1. The number of rotatable bonds is 10. The summed E-state index contributed by atoms with van der Waals surface area (Å²) in [6.07, 6.45) is -1.08. The van der Waals surface area contributed by atoms with Crippen LogP contribution >= 0.6 is 11.8 Å². The molecule has 0 radical (unpaired) electrons. The number of aliphatic hydroxyl groups is 1. The summed E-state index contributed by atoms with van der Waals surface area (Å²) < 4.78 is 41.2. The van der Waals surface area contributed by atoms with Crippen molar-refractivity contribution in [2.75, 3.05) is 5.75 Å². The Morgan fingerprint density at radius 3 is 2.27 bits per heavy atom. The number of aromatic hydroxyl groups is 1. The predicted octanol–water partition coefficient (Wildman–Crippen LogP) is 5.95. The van der Waals surface area contributed by atoms with Crippen molar-refractivity contribution in [2.45, 2.75) is 48.4 Å². The number of sulfonamides is 1. The molecule has 214 valence electrons. The molecule has 1 heterocycles. The number of nitrogens with one attached hydrogen (secondary N) is 1. The van der Waals surface area contributed by atoms with Gasteiger partial charge in [-0.05, 0) is 59.2 Å². The number of phenols is 1. The van der Waals surface area contributed by atoms with E-state index in [9.17, 15) is 18.6 Å². The molecule has 1 unspecified atom stereocenters. The van der Waals surface area contributed by atoms with Crippen molar-refractivity contribution in [3.8, 4) is 5.75 Å². The molecule has 1 aliphatic rings. The molecule has 4 atom stereocenters. The Balaban J connectivity index is 1.36. The van der Waals surface area contributed by atoms with E-state index in [1.807, 2.05) is 60.7 Å². The van der Waals surface area contributed by atoms with Crippen molar-refractivity contribution in [3.63, 3.8) is 0 Å². The Morgan fingerprint density at radius 1 is 0.829 bits per heavy atom. The highest BCUT2D eigenvalue weighted by Gasteiger charge is 2.38. The SMILES string of the molecule is C[C@@H]1[C@H](CSc2ccc(O)cc2)OC(c2cccc(CNS(=O)(=O)c3ccccc3)c2)O[C@@H]1c1ccc(CO)cc1. The molecule has 0 spiro atoms. The molecule has 9 heteroatoms. The van der Waals surface area contributed by atoms with Crippen LogP contribution in [0.4, 0.5) is 0 Å². The van der Waals surface area contributed by atoms with Gasteiger partial charge in [0.15, 0.2) is 6.29 Å². The molecule has 4 aromatic rings. The van der Waals surface area contributed by atoms with E-state index in [1.54, 1.807) is 54.2 Å². The maximum atomic E-state index is 12.7. The van der Waals surface area contributed by atoms with Crippen LogP contribution in [-0.4, -0.2) is 30.5 Å². The lowest BCUT2D eigenvalue weighted by Crippen LogP contribution is -2.38. The number of hydrogen-bond donors (Lipinski definition) is 3. The molecule has 4 aromatic carbocycles. The highest BCUT2D eigenvalue weighted by molar-refractivity contribution is 7.99. The minimum absolute atomic E-state index is 0.0247. The molecule has 5 rings (SSSR count). The maximum Gasteiger partial charge on any atom is 0.240 e. The van der Waals surface area contributed by atoms with Gasteiger partial charge in [0.2, 0.25) is 10.0 Å². The maximum absolute atomic E-state index is 12.7. The first-order valence-corrected chi connectivity index (χ1v) is 15.9. The minimum atomic E-state index is -3.65. The molecule has 0 amide bonds. The zero-order valence-corrected chi connectivity index (χ0v) is 24.2. The summed E-state index contributed by atoms with van der Waals surface area (Å²) in [5, 5.41) is 19.1. The fraction of sp³-hybridized carbons (Fsp3) is 0.250. The van der Waals surface area contributed by atoms with E-state index < -0.39 is 16.3 Å². The summed E-state index contributed by atoms with van der Waals surface area (Å²) in [5.74, 6) is 0.923. The monoisotopic (exact) mass is 591 g/mol. The van der Waals surface area contributed by atoms with Crippen LogP contribution in [0.15, 0.2) is 113 Å². The predicted molar refractivity (Wildman–Crippen MR) is 159 cm³/mol. The van der Waals surface area contributed by atoms with Gasteiger partial charge in [0, 0.05) is 28.7 Å². The van der Waals surface area contributed by atoms with E-state index in [1.165, 1.54) is 0 Å². The minimum Gasteiger partial charge on any atom is -0.508 e. The third kappa shape index (κ3) is 7.37. The molecule has 1 fully saturated rings. The molecular formula is C32H33NO6S2. The van der Waals surface area contributed by atoms with Crippen LogP contribution in [0.3, 0.4) is 0 Å². The Labute approximate surface area is 245 Å². The second-order valence-electron chi connectivity index (χ2n) is 10.0. The van der Waals surface area contributed by atoms with Gasteiger partial charge in [-0.25, -0.2) is 13.1 Å². The lowest BCUT2D eigenvalue weighted by Gasteiger charge is -2.41. The summed E-state index contributed by atoms with van der Waals surface area (Å²) in [6, 6.07) is 30.7. The number of phenolic OH excluding ortho intramolecular Hbond substituents is 1.